The minimum Gasteiger partial charge on any atom is -0.336 e. The Morgan fingerprint density at radius 1 is 1.00 bits per heavy atom. The van der Waals surface area contributed by atoms with Gasteiger partial charge in [-0.3, -0.25) is 14.7 Å². The lowest BCUT2D eigenvalue weighted by Gasteiger charge is -2.34. The van der Waals surface area contributed by atoms with Crippen molar-refractivity contribution in [3.63, 3.8) is 0 Å². The molecule has 1 aliphatic heterocycles. The van der Waals surface area contributed by atoms with Crippen molar-refractivity contribution in [3.05, 3.63) is 66.0 Å². The van der Waals surface area contributed by atoms with Crippen LogP contribution in [0.15, 0.2) is 54.9 Å². The molecule has 1 amide bonds. The molecule has 5 heteroatoms. The Hall–Kier alpha value is -1.91. The Labute approximate surface area is 137 Å². The third-order valence-corrected chi connectivity index (χ3v) is 3.82. The summed E-state index contributed by atoms with van der Waals surface area (Å²) < 4.78 is 0. The largest absolute Gasteiger partial charge is 0.336 e. The quantitative estimate of drug-likeness (QED) is 0.872. The van der Waals surface area contributed by atoms with Gasteiger partial charge in [0.25, 0.3) is 5.91 Å². The molecule has 0 saturated carbocycles. The zero-order valence-electron chi connectivity index (χ0n) is 12.4. The molecular weight excluding hydrogens is 298 g/mol. The van der Waals surface area contributed by atoms with Gasteiger partial charge in [0.15, 0.2) is 0 Å². The Morgan fingerprint density at radius 3 is 2.36 bits per heavy atom. The van der Waals surface area contributed by atoms with E-state index in [2.05, 4.69) is 34.1 Å². The van der Waals surface area contributed by atoms with Crippen LogP contribution in [0.25, 0.3) is 0 Å². The number of nitrogens with zero attached hydrogens (tertiary/aromatic N) is 3. The van der Waals surface area contributed by atoms with E-state index < -0.39 is 0 Å². The molecule has 1 fully saturated rings. The van der Waals surface area contributed by atoms with Gasteiger partial charge in [0.2, 0.25) is 0 Å². The highest BCUT2D eigenvalue weighted by Crippen LogP contribution is 2.11. The maximum Gasteiger partial charge on any atom is 0.255 e. The smallest absolute Gasteiger partial charge is 0.255 e. The zero-order valence-corrected chi connectivity index (χ0v) is 13.2. The van der Waals surface area contributed by atoms with Crippen LogP contribution in [0.1, 0.15) is 15.9 Å². The number of rotatable bonds is 3. The Bertz CT molecular complexity index is 583. The molecule has 0 spiro atoms. The molecule has 0 radical (unpaired) electrons. The summed E-state index contributed by atoms with van der Waals surface area (Å²) in [4.78, 5) is 20.7. The second-order valence-corrected chi connectivity index (χ2v) is 5.30. The van der Waals surface area contributed by atoms with Gasteiger partial charge in [0.05, 0.1) is 5.56 Å². The van der Waals surface area contributed by atoms with Crippen molar-refractivity contribution in [3.8, 4) is 0 Å². The van der Waals surface area contributed by atoms with Gasteiger partial charge in [-0.2, -0.15) is 0 Å². The van der Waals surface area contributed by atoms with Crippen molar-refractivity contribution < 1.29 is 4.79 Å². The number of pyridine rings is 1. The number of benzene rings is 1. The first kappa shape index (κ1) is 16.5. The van der Waals surface area contributed by atoms with E-state index in [1.807, 2.05) is 17.0 Å². The lowest BCUT2D eigenvalue weighted by Crippen LogP contribution is -2.48. The van der Waals surface area contributed by atoms with Crippen LogP contribution < -0.4 is 0 Å². The first-order valence-corrected chi connectivity index (χ1v) is 7.28. The van der Waals surface area contributed by atoms with E-state index in [4.69, 9.17) is 0 Å². The van der Waals surface area contributed by atoms with Crippen LogP contribution in [-0.4, -0.2) is 46.9 Å². The van der Waals surface area contributed by atoms with Crippen LogP contribution in [0.5, 0.6) is 0 Å². The van der Waals surface area contributed by atoms with E-state index in [1.54, 1.807) is 18.5 Å². The van der Waals surface area contributed by atoms with Crippen molar-refractivity contribution in [2.75, 3.05) is 26.2 Å². The summed E-state index contributed by atoms with van der Waals surface area (Å²) in [6.45, 7) is 4.35. The predicted octanol–water partition coefficient (Wildman–Crippen LogP) is 2.46. The van der Waals surface area contributed by atoms with Crippen LogP contribution >= 0.6 is 12.4 Å². The molecule has 1 aromatic heterocycles. The average molecular weight is 318 g/mol. The third-order valence-electron chi connectivity index (χ3n) is 3.82. The second-order valence-electron chi connectivity index (χ2n) is 5.30. The van der Waals surface area contributed by atoms with Gasteiger partial charge in [-0.15, -0.1) is 12.4 Å². The van der Waals surface area contributed by atoms with Crippen molar-refractivity contribution in [1.82, 2.24) is 14.8 Å². The van der Waals surface area contributed by atoms with E-state index in [0.29, 0.717) is 5.56 Å². The summed E-state index contributed by atoms with van der Waals surface area (Å²) in [6, 6.07) is 14.1. The predicted molar refractivity (Wildman–Crippen MR) is 89.1 cm³/mol. The molecule has 116 valence electrons. The first-order chi connectivity index (χ1) is 10.3. The fourth-order valence-corrected chi connectivity index (χ4v) is 2.62. The van der Waals surface area contributed by atoms with E-state index in [-0.39, 0.29) is 18.3 Å². The Balaban J connectivity index is 0.00000176. The number of hydrogen-bond acceptors (Lipinski definition) is 3. The highest BCUT2D eigenvalue weighted by atomic mass is 35.5. The lowest BCUT2D eigenvalue weighted by atomic mass is 10.2. The van der Waals surface area contributed by atoms with E-state index in [9.17, 15) is 4.79 Å². The maximum atomic E-state index is 12.3. The van der Waals surface area contributed by atoms with Crippen molar-refractivity contribution >= 4 is 18.3 Å². The minimum absolute atomic E-state index is 0. The van der Waals surface area contributed by atoms with Gasteiger partial charge in [0, 0.05) is 45.1 Å². The number of carbonyl (C=O) groups excluding carboxylic acids is 1. The SMILES string of the molecule is Cl.O=C(c1cccnc1)N1CCN(Cc2ccccc2)CC1. The summed E-state index contributed by atoms with van der Waals surface area (Å²) in [7, 11) is 0. The molecule has 1 aliphatic rings. The van der Waals surface area contributed by atoms with Gasteiger partial charge in [-0.25, -0.2) is 0 Å². The topological polar surface area (TPSA) is 36.4 Å². The van der Waals surface area contributed by atoms with Crippen LogP contribution in [0.3, 0.4) is 0 Å². The molecule has 22 heavy (non-hydrogen) atoms. The number of amides is 1. The summed E-state index contributed by atoms with van der Waals surface area (Å²) in [5.74, 6) is 0.0856. The number of hydrogen-bond donors (Lipinski definition) is 0. The fourth-order valence-electron chi connectivity index (χ4n) is 2.62. The van der Waals surface area contributed by atoms with Gasteiger partial charge < -0.3 is 4.90 Å². The standard InChI is InChI=1S/C17H19N3O.ClH/c21-17(16-7-4-8-18-13-16)20-11-9-19(10-12-20)14-15-5-2-1-3-6-15;/h1-8,13H,9-12,14H2;1H. The van der Waals surface area contributed by atoms with E-state index >= 15 is 0 Å². The summed E-state index contributed by atoms with van der Waals surface area (Å²) >= 11 is 0. The van der Waals surface area contributed by atoms with Crippen LogP contribution in [0.4, 0.5) is 0 Å². The summed E-state index contributed by atoms with van der Waals surface area (Å²) in [6.07, 6.45) is 3.33. The van der Waals surface area contributed by atoms with Crippen molar-refractivity contribution in [1.29, 1.82) is 0 Å². The van der Waals surface area contributed by atoms with Crippen LogP contribution in [0, 0.1) is 0 Å². The van der Waals surface area contributed by atoms with Gasteiger partial charge in [0.1, 0.15) is 0 Å². The molecule has 1 saturated heterocycles. The monoisotopic (exact) mass is 317 g/mol. The van der Waals surface area contributed by atoms with Gasteiger partial charge >= 0.3 is 0 Å². The maximum absolute atomic E-state index is 12.3. The fraction of sp³-hybridized carbons (Fsp3) is 0.294. The number of aromatic nitrogens is 1. The van der Waals surface area contributed by atoms with Crippen LogP contribution in [-0.2, 0) is 6.54 Å². The zero-order chi connectivity index (χ0) is 14.5. The summed E-state index contributed by atoms with van der Waals surface area (Å²) in [5, 5.41) is 0. The van der Waals surface area contributed by atoms with Crippen molar-refractivity contribution in [2.45, 2.75) is 6.54 Å². The number of halogens is 1. The molecule has 1 aromatic carbocycles. The Kier molecular flexibility index (Phi) is 5.92. The molecule has 0 atom stereocenters. The molecule has 0 bridgehead atoms. The van der Waals surface area contributed by atoms with Crippen molar-refractivity contribution in [2.24, 2.45) is 0 Å². The molecule has 0 N–H and O–H groups in total. The highest BCUT2D eigenvalue weighted by Gasteiger charge is 2.22. The Morgan fingerprint density at radius 2 is 1.73 bits per heavy atom. The van der Waals surface area contributed by atoms with E-state index in [1.165, 1.54) is 5.56 Å². The number of carbonyl (C=O) groups is 1. The molecule has 2 aromatic rings. The lowest BCUT2D eigenvalue weighted by molar-refractivity contribution is 0.0628. The second kappa shape index (κ2) is 7.92. The van der Waals surface area contributed by atoms with Gasteiger partial charge in [-0.1, -0.05) is 30.3 Å². The molecule has 4 nitrogen and oxygen atoms in total. The molecule has 0 unspecified atom stereocenters. The first-order valence-electron chi connectivity index (χ1n) is 7.28. The molecule has 0 aliphatic carbocycles. The molecular formula is C17H20ClN3O. The third kappa shape index (κ3) is 4.06. The summed E-state index contributed by atoms with van der Waals surface area (Å²) in [5.41, 5.74) is 2.00. The molecule has 2 heterocycles. The normalized spacial score (nSPS) is 15.2. The van der Waals surface area contributed by atoms with Gasteiger partial charge in [-0.05, 0) is 17.7 Å². The number of piperazine rings is 1. The molecule has 3 rings (SSSR count). The minimum atomic E-state index is 0. The average Bonchev–Trinajstić information content (AvgIpc) is 2.57. The highest BCUT2D eigenvalue weighted by molar-refractivity contribution is 5.93. The van der Waals surface area contributed by atoms with Crippen LogP contribution in [0.2, 0.25) is 0 Å². The van der Waals surface area contributed by atoms with E-state index in [0.717, 1.165) is 32.7 Å².